The Morgan fingerprint density at radius 1 is 0.909 bits per heavy atom. The normalized spacial score (nSPS) is 15.9. The van der Waals surface area contributed by atoms with E-state index in [1.807, 2.05) is 18.2 Å². The lowest BCUT2D eigenvalue weighted by molar-refractivity contribution is 0.436. The van der Waals surface area contributed by atoms with Gasteiger partial charge in [0.05, 0.1) is 0 Å². The van der Waals surface area contributed by atoms with Crippen molar-refractivity contribution in [3.63, 3.8) is 0 Å². The van der Waals surface area contributed by atoms with Crippen LogP contribution in [0.15, 0.2) is 60.7 Å². The van der Waals surface area contributed by atoms with E-state index in [1.54, 1.807) is 0 Å². The zero-order valence-electron chi connectivity index (χ0n) is 19.0. The smallest absolute Gasteiger partial charge is 0.232 e. The topological polar surface area (TPSA) is 56.3 Å². The molecule has 0 bridgehead atoms. The molecule has 0 saturated carbocycles. The Morgan fingerprint density at radius 3 is 2.18 bits per heavy atom. The highest BCUT2D eigenvalue weighted by atomic mass is 32.1. The van der Waals surface area contributed by atoms with Crippen LogP contribution in [0.1, 0.15) is 36.5 Å². The van der Waals surface area contributed by atoms with Crippen LogP contribution in [0.3, 0.4) is 0 Å². The summed E-state index contributed by atoms with van der Waals surface area (Å²) >= 11 is 5.56. The molecule has 3 aromatic rings. The molecule has 2 aliphatic rings. The van der Waals surface area contributed by atoms with Gasteiger partial charge >= 0.3 is 0 Å². The Bertz CT molecular complexity index is 1090. The van der Waals surface area contributed by atoms with Crippen molar-refractivity contribution in [3.05, 3.63) is 77.4 Å². The molecule has 0 aliphatic carbocycles. The Kier molecular flexibility index (Phi) is 6.39. The third-order valence-electron chi connectivity index (χ3n) is 6.49. The van der Waals surface area contributed by atoms with Gasteiger partial charge in [-0.25, -0.2) is 0 Å². The Hall–Kier alpha value is -3.19. The van der Waals surface area contributed by atoms with Crippen LogP contribution in [-0.4, -0.2) is 28.2 Å². The van der Waals surface area contributed by atoms with E-state index in [0.29, 0.717) is 17.6 Å². The number of thiocarbonyl (C=S) groups is 1. The number of nitrogens with zero attached hydrogens (tertiary/aromatic N) is 4. The summed E-state index contributed by atoms with van der Waals surface area (Å²) in [6.45, 7) is 6.75. The van der Waals surface area contributed by atoms with Crippen LogP contribution in [-0.2, 0) is 19.6 Å². The highest BCUT2D eigenvalue weighted by molar-refractivity contribution is 7.80. The van der Waals surface area contributed by atoms with E-state index in [0.717, 1.165) is 43.7 Å². The van der Waals surface area contributed by atoms with Crippen molar-refractivity contribution in [1.29, 1.82) is 0 Å². The fraction of sp³-hybridized carbons (Fsp3) is 0.346. The fourth-order valence-corrected chi connectivity index (χ4v) is 4.62. The molecule has 5 rings (SSSR count). The summed E-state index contributed by atoms with van der Waals surface area (Å²) in [6, 6.07) is 21.0. The van der Waals surface area contributed by atoms with Gasteiger partial charge in [0.15, 0.2) is 5.11 Å². The lowest BCUT2D eigenvalue weighted by Crippen LogP contribution is -2.34. The highest BCUT2D eigenvalue weighted by Crippen LogP contribution is 2.31. The summed E-state index contributed by atoms with van der Waals surface area (Å²) in [7, 11) is 0. The highest BCUT2D eigenvalue weighted by Gasteiger charge is 2.23. The molecule has 0 radical (unpaired) electrons. The second kappa shape index (κ2) is 9.75. The number of rotatable bonds is 5. The largest absolute Gasteiger partial charge is 0.358 e. The molecule has 33 heavy (non-hydrogen) atoms. The van der Waals surface area contributed by atoms with Gasteiger partial charge in [0.2, 0.25) is 5.95 Å². The van der Waals surface area contributed by atoms with Crippen LogP contribution >= 0.6 is 12.2 Å². The van der Waals surface area contributed by atoms with Crippen molar-refractivity contribution < 1.29 is 0 Å². The van der Waals surface area contributed by atoms with Crippen LogP contribution in [0.2, 0.25) is 0 Å². The zero-order chi connectivity index (χ0) is 22.6. The first-order valence-electron chi connectivity index (χ1n) is 11.7. The first-order valence-corrected chi connectivity index (χ1v) is 12.1. The van der Waals surface area contributed by atoms with E-state index in [1.165, 1.54) is 29.5 Å². The van der Waals surface area contributed by atoms with E-state index in [9.17, 15) is 0 Å². The van der Waals surface area contributed by atoms with Crippen LogP contribution in [0.4, 0.5) is 17.6 Å². The average Bonchev–Trinajstić information content (AvgIpc) is 3.28. The third kappa shape index (κ3) is 5.25. The summed E-state index contributed by atoms with van der Waals surface area (Å²) in [5, 5.41) is 7.03. The molecule has 2 aliphatic heterocycles. The van der Waals surface area contributed by atoms with Crippen LogP contribution in [0, 0.1) is 5.92 Å². The first-order chi connectivity index (χ1) is 16.1. The molecule has 0 amide bonds. The van der Waals surface area contributed by atoms with Crippen molar-refractivity contribution in [2.24, 2.45) is 5.92 Å². The standard InChI is InChI=1S/C26H30N6S/c1-19-11-13-31(14-12-19)23-15-24(32-17-21-9-5-6-10-22(21)18-32)29-25(28-23)30-26(33)27-16-20-7-3-2-4-8-20/h2-10,15,19H,11-14,16-18H2,1H3,(H2,27,28,29,30,33). The summed E-state index contributed by atoms with van der Waals surface area (Å²) in [6.07, 6.45) is 2.38. The van der Waals surface area contributed by atoms with Gasteiger partial charge in [-0.15, -0.1) is 0 Å². The number of hydrogen-bond donors (Lipinski definition) is 2. The van der Waals surface area contributed by atoms with Crippen LogP contribution in [0.25, 0.3) is 0 Å². The van der Waals surface area contributed by atoms with Gasteiger partial charge in [0.1, 0.15) is 11.6 Å². The molecular formula is C26H30N6S. The minimum atomic E-state index is 0.527. The predicted octanol–water partition coefficient (Wildman–Crippen LogP) is 4.72. The number of fused-ring (bicyclic) bond motifs is 1. The summed E-state index contributed by atoms with van der Waals surface area (Å²) in [5.41, 5.74) is 3.90. The Labute approximate surface area is 201 Å². The SMILES string of the molecule is CC1CCN(c2cc(N3Cc4ccccc4C3)nc(NC(=S)NCc3ccccc3)n2)CC1. The van der Waals surface area contributed by atoms with Crippen molar-refractivity contribution in [1.82, 2.24) is 15.3 Å². The molecule has 170 valence electrons. The second-order valence-electron chi connectivity index (χ2n) is 9.00. The van der Waals surface area contributed by atoms with E-state index >= 15 is 0 Å². The van der Waals surface area contributed by atoms with Crippen molar-refractivity contribution in [2.45, 2.75) is 39.4 Å². The van der Waals surface area contributed by atoms with Gasteiger partial charge in [0.25, 0.3) is 0 Å². The fourth-order valence-electron chi connectivity index (χ4n) is 4.46. The monoisotopic (exact) mass is 458 g/mol. The number of hydrogen-bond acceptors (Lipinski definition) is 5. The van der Waals surface area contributed by atoms with E-state index in [2.05, 4.69) is 69.8 Å². The van der Waals surface area contributed by atoms with Crippen molar-refractivity contribution >= 4 is 34.9 Å². The molecule has 3 heterocycles. The molecule has 1 aromatic heterocycles. The summed E-state index contributed by atoms with van der Waals surface area (Å²) < 4.78 is 0. The zero-order valence-corrected chi connectivity index (χ0v) is 19.8. The molecule has 2 aromatic carbocycles. The lowest BCUT2D eigenvalue weighted by Gasteiger charge is -2.32. The molecule has 0 atom stereocenters. The maximum atomic E-state index is 5.56. The maximum Gasteiger partial charge on any atom is 0.232 e. The molecule has 2 N–H and O–H groups in total. The third-order valence-corrected chi connectivity index (χ3v) is 6.74. The number of nitrogens with one attached hydrogen (secondary N) is 2. The van der Waals surface area contributed by atoms with E-state index in [4.69, 9.17) is 22.2 Å². The molecule has 0 unspecified atom stereocenters. The number of piperidine rings is 1. The minimum absolute atomic E-state index is 0.527. The lowest BCUT2D eigenvalue weighted by atomic mass is 9.99. The Morgan fingerprint density at radius 2 is 1.52 bits per heavy atom. The minimum Gasteiger partial charge on any atom is -0.358 e. The molecule has 1 fully saturated rings. The van der Waals surface area contributed by atoms with Gasteiger partial charge in [-0.3, -0.25) is 0 Å². The van der Waals surface area contributed by atoms with Crippen molar-refractivity contribution in [2.75, 3.05) is 28.2 Å². The summed E-state index contributed by atoms with van der Waals surface area (Å²) in [4.78, 5) is 14.4. The van der Waals surface area contributed by atoms with Crippen LogP contribution in [0.5, 0.6) is 0 Å². The van der Waals surface area contributed by atoms with E-state index < -0.39 is 0 Å². The average molecular weight is 459 g/mol. The molecular weight excluding hydrogens is 428 g/mol. The van der Waals surface area contributed by atoms with Gasteiger partial charge in [-0.2, -0.15) is 9.97 Å². The molecule has 7 heteroatoms. The number of benzene rings is 2. The number of aromatic nitrogens is 2. The first kappa shape index (κ1) is 21.6. The maximum absolute atomic E-state index is 5.56. The van der Waals surface area contributed by atoms with Crippen LogP contribution < -0.4 is 20.4 Å². The Balaban J connectivity index is 1.35. The molecule has 0 spiro atoms. The molecule has 6 nitrogen and oxygen atoms in total. The summed E-state index contributed by atoms with van der Waals surface area (Å²) in [5.74, 6) is 3.21. The predicted molar refractivity (Wildman–Crippen MR) is 138 cm³/mol. The van der Waals surface area contributed by atoms with Gasteiger partial charge < -0.3 is 20.4 Å². The van der Waals surface area contributed by atoms with E-state index in [-0.39, 0.29) is 0 Å². The van der Waals surface area contributed by atoms with Crippen molar-refractivity contribution in [3.8, 4) is 0 Å². The quantitative estimate of drug-likeness (QED) is 0.537. The van der Waals surface area contributed by atoms with Gasteiger partial charge in [0, 0.05) is 38.8 Å². The number of anilines is 3. The second-order valence-corrected chi connectivity index (χ2v) is 9.40. The van der Waals surface area contributed by atoms with Gasteiger partial charge in [-0.1, -0.05) is 61.5 Å². The van der Waals surface area contributed by atoms with Gasteiger partial charge in [-0.05, 0) is 47.7 Å². The molecule has 1 saturated heterocycles.